The number of fused-ring (bicyclic) bond motifs is 1. The summed E-state index contributed by atoms with van der Waals surface area (Å²) in [6.07, 6.45) is 3.75. The highest BCUT2D eigenvalue weighted by molar-refractivity contribution is 5.83. The van der Waals surface area contributed by atoms with Crippen LogP contribution in [0.5, 0.6) is 0 Å². The third-order valence-electron chi connectivity index (χ3n) is 4.99. The molecule has 1 aromatic carbocycles. The number of aliphatic imine (C=N–C) groups is 1. The first-order chi connectivity index (χ1) is 13.1. The third kappa shape index (κ3) is 4.48. The van der Waals surface area contributed by atoms with Crippen LogP contribution in [0.15, 0.2) is 58.2 Å². The summed E-state index contributed by atoms with van der Waals surface area (Å²) in [5, 5.41) is 7.97. The standard InChI is InChI=1S/C22H28N4O/c1-15(2)19(17-8-7-11-24-12-17)13-25-22(23-4)26-14-21-16(3)18-9-5-6-10-20(18)27-21/h5-12,15,19H,13-14H2,1-4H3,(H2,23,25,26). The number of hydrogen-bond acceptors (Lipinski definition) is 3. The predicted octanol–water partition coefficient (Wildman–Crippen LogP) is 4.24. The quantitative estimate of drug-likeness (QED) is 0.507. The Kier molecular flexibility index (Phi) is 6.12. The molecule has 3 aromatic rings. The molecule has 2 heterocycles. The van der Waals surface area contributed by atoms with Gasteiger partial charge in [0, 0.05) is 42.9 Å². The summed E-state index contributed by atoms with van der Waals surface area (Å²) in [6, 6.07) is 12.2. The summed E-state index contributed by atoms with van der Waals surface area (Å²) in [5.41, 5.74) is 3.33. The summed E-state index contributed by atoms with van der Waals surface area (Å²) in [5.74, 6) is 2.57. The lowest BCUT2D eigenvalue weighted by Gasteiger charge is -2.22. The molecule has 5 nitrogen and oxygen atoms in total. The molecule has 1 atom stereocenters. The Morgan fingerprint density at radius 3 is 2.63 bits per heavy atom. The molecule has 2 N–H and O–H groups in total. The van der Waals surface area contributed by atoms with Gasteiger partial charge in [0.25, 0.3) is 0 Å². The zero-order valence-corrected chi connectivity index (χ0v) is 16.5. The van der Waals surface area contributed by atoms with Gasteiger partial charge in [0.05, 0.1) is 6.54 Å². The van der Waals surface area contributed by atoms with Crippen LogP contribution in [-0.2, 0) is 6.54 Å². The van der Waals surface area contributed by atoms with E-state index in [-0.39, 0.29) is 0 Å². The molecule has 1 unspecified atom stereocenters. The summed E-state index contributed by atoms with van der Waals surface area (Å²) in [7, 11) is 1.79. The van der Waals surface area contributed by atoms with Gasteiger partial charge >= 0.3 is 0 Å². The van der Waals surface area contributed by atoms with Crippen molar-refractivity contribution in [3.63, 3.8) is 0 Å². The average Bonchev–Trinajstić information content (AvgIpc) is 3.01. The molecule has 0 aliphatic carbocycles. The van der Waals surface area contributed by atoms with Gasteiger partial charge in [-0.3, -0.25) is 9.98 Å². The highest BCUT2D eigenvalue weighted by Gasteiger charge is 2.17. The van der Waals surface area contributed by atoms with Crippen LogP contribution in [0.3, 0.4) is 0 Å². The predicted molar refractivity (Wildman–Crippen MR) is 111 cm³/mol. The maximum Gasteiger partial charge on any atom is 0.191 e. The van der Waals surface area contributed by atoms with Crippen LogP contribution >= 0.6 is 0 Å². The number of guanidine groups is 1. The summed E-state index contributed by atoms with van der Waals surface area (Å²) in [6.45, 7) is 7.94. The van der Waals surface area contributed by atoms with Crippen molar-refractivity contribution in [2.24, 2.45) is 10.9 Å². The molecule has 0 bridgehead atoms. The minimum Gasteiger partial charge on any atom is -0.459 e. The topological polar surface area (TPSA) is 62.5 Å². The number of nitrogens with one attached hydrogen (secondary N) is 2. The second-order valence-corrected chi connectivity index (χ2v) is 7.09. The van der Waals surface area contributed by atoms with Gasteiger partial charge in [0.15, 0.2) is 5.96 Å². The zero-order chi connectivity index (χ0) is 19.2. The van der Waals surface area contributed by atoms with Crippen LogP contribution < -0.4 is 10.6 Å². The zero-order valence-electron chi connectivity index (χ0n) is 16.5. The van der Waals surface area contributed by atoms with E-state index in [9.17, 15) is 0 Å². The molecule has 0 radical (unpaired) electrons. The number of aromatic nitrogens is 1. The number of hydrogen-bond donors (Lipinski definition) is 2. The van der Waals surface area contributed by atoms with Gasteiger partial charge < -0.3 is 15.1 Å². The number of benzene rings is 1. The molecule has 27 heavy (non-hydrogen) atoms. The first-order valence-corrected chi connectivity index (χ1v) is 9.41. The number of pyridine rings is 1. The van der Waals surface area contributed by atoms with Gasteiger partial charge in [-0.1, -0.05) is 38.1 Å². The van der Waals surface area contributed by atoms with Crippen molar-refractivity contribution in [1.29, 1.82) is 0 Å². The van der Waals surface area contributed by atoms with Crippen LogP contribution in [0.25, 0.3) is 11.0 Å². The molecule has 0 amide bonds. The molecule has 2 aromatic heterocycles. The van der Waals surface area contributed by atoms with Gasteiger partial charge in [-0.2, -0.15) is 0 Å². The van der Waals surface area contributed by atoms with E-state index in [1.807, 2.05) is 36.7 Å². The Balaban J connectivity index is 1.62. The minimum absolute atomic E-state index is 0.366. The van der Waals surface area contributed by atoms with Gasteiger partial charge in [-0.15, -0.1) is 0 Å². The normalized spacial score (nSPS) is 13.1. The lowest BCUT2D eigenvalue weighted by atomic mass is 9.89. The van der Waals surface area contributed by atoms with Crippen molar-refractivity contribution in [2.75, 3.05) is 13.6 Å². The fourth-order valence-corrected chi connectivity index (χ4v) is 3.32. The van der Waals surface area contributed by atoms with E-state index in [2.05, 4.69) is 53.5 Å². The highest BCUT2D eigenvalue weighted by atomic mass is 16.3. The fourth-order valence-electron chi connectivity index (χ4n) is 3.32. The highest BCUT2D eigenvalue weighted by Crippen LogP contribution is 2.25. The SMILES string of the molecule is CN=C(NCc1oc2ccccc2c1C)NCC(c1cccnc1)C(C)C. The molecule has 0 aliphatic rings. The molecule has 0 fully saturated rings. The maximum atomic E-state index is 5.97. The first kappa shape index (κ1) is 19.0. The van der Waals surface area contributed by atoms with E-state index < -0.39 is 0 Å². The molecular weight excluding hydrogens is 336 g/mol. The fraction of sp³-hybridized carbons (Fsp3) is 0.364. The van der Waals surface area contributed by atoms with Crippen molar-refractivity contribution in [3.8, 4) is 0 Å². The molecule has 0 saturated carbocycles. The van der Waals surface area contributed by atoms with Gasteiger partial charge in [0.2, 0.25) is 0 Å². The number of furan rings is 1. The second-order valence-electron chi connectivity index (χ2n) is 7.09. The second kappa shape index (κ2) is 8.71. The molecule has 0 aliphatic heterocycles. The lowest BCUT2D eigenvalue weighted by Crippen LogP contribution is -2.39. The first-order valence-electron chi connectivity index (χ1n) is 9.41. The van der Waals surface area contributed by atoms with Crippen LogP contribution in [0.1, 0.15) is 36.7 Å². The van der Waals surface area contributed by atoms with Crippen molar-refractivity contribution in [3.05, 3.63) is 65.7 Å². The Morgan fingerprint density at radius 1 is 1.15 bits per heavy atom. The number of rotatable bonds is 6. The van der Waals surface area contributed by atoms with E-state index >= 15 is 0 Å². The molecule has 0 saturated heterocycles. The summed E-state index contributed by atoms with van der Waals surface area (Å²) < 4.78 is 5.97. The Labute approximate surface area is 160 Å². The van der Waals surface area contributed by atoms with Crippen molar-refractivity contribution in [1.82, 2.24) is 15.6 Å². The Morgan fingerprint density at radius 2 is 1.96 bits per heavy atom. The molecule has 3 rings (SSSR count). The molecule has 0 spiro atoms. The Hall–Kier alpha value is -2.82. The van der Waals surface area contributed by atoms with Crippen LogP contribution in [-0.4, -0.2) is 24.5 Å². The maximum absolute atomic E-state index is 5.97. The van der Waals surface area contributed by atoms with E-state index in [1.54, 1.807) is 7.05 Å². The third-order valence-corrected chi connectivity index (χ3v) is 4.99. The molecular formula is C22H28N4O. The van der Waals surface area contributed by atoms with Crippen molar-refractivity contribution < 1.29 is 4.42 Å². The van der Waals surface area contributed by atoms with Crippen LogP contribution in [0, 0.1) is 12.8 Å². The van der Waals surface area contributed by atoms with Gasteiger partial charge in [-0.05, 0) is 30.5 Å². The number of aryl methyl sites for hydroxylation is 1. The average molecular weight is 364 g/mol. The van der Waals surface area contributed by atoms with E-state index in [0.29, 0.717) is 18.4 Å². The Bertz CT molecular complexity index is 899. The van der Waals surface area contributed by atoms with Crippen molar-refractivity contribution in [2.45, 2.75) is 33.2 Å². The minimum atomic E-state index is 0.366. The number of nitrogens with zero attached hydrogens (tertiary/aromatic N) is 2. The smallest absolute Gasteiger partial charge is 0.191 e. The van der Waals surface area contributed by atoms with Gasteiger partial charge in [-0.25, -0.2) is 0 Å². The summed E-state index contributed by atoms with van der Waals surface area (Å²) >= 11 is 0. The van der Waals surface area contributed by atoms with E-state index in [4.69, 9.17) is 4.42 Å². The van der Waals surface area contributed by atoms with Crippen LogP contribution in [0.4, 0.5) is 0 Å². The van der Waals surface area contributed by atoms with E-state index in [0.717, 1.165) is 29.2 Å². The van der Waals surface area contributed by atoms with Crippen LogP contribution in [0.2, 0.25) is 0 Å². The lowest BCUT2D eigenvalue weighted by molar-refractivity contribution is 0.484. The molecule has 5 heteroatoms. The molecule has 142 valence electrons. The van der Waals surface area contributed by atoms with Crippen molar-refractivity contribution >= 4 is 16.9 Å². The summed E-state index contributed by atoms with van der Waals surface area (Å²) in [4.78, 5) is 8.60. The van der Waals surface area contributed by atoms with E-state index in [1.165, 1.54) is 11.1 Å². The largest absolute Gasteiger partial charge is 0.459 e. The van der Waals surface area contributed by atoms with Gasteiger partial charge in [0.1, 0.15) is 11.3 Å². The number of para-hydroxylation sites is 1. The monoisotopic (exact) mass is 364 g/mol.